The second-order valence-electron chi connectivity index (χ2n) is 3.56. The Hall–Kier alpha value is -0.580. The van der Waals surface area contributed by atoms with E-state index in [2.05, 4.69) is 0 Å². The standard InChI is InChI=1S/C9H16O2.ClH.2H3N/c1-5-6-7(8(10)11)9(2,3)4;;;/h6H,5H2,1-4H3,(H,10,11);1H;2*1H3. The van der Waals surface area contributed by atoms with Crippen molar-refractivity contribution in [3.05, 3.63) is 11.6 Å². The van der Waals surface area contributed by atoms with Crippen LogP contribution in [0.5, 0.6) is 0 Å². The Morgan fingerprint density at radius 3 is 1.71 bits per heavy atom. The minimum absolute atomic E-state index is 0. The molecule has 0 saturated carbocycles. The number of aliphatic carboxylic acids is 1. The number of carboxylic acid groups (broad SMARTS) is 1. The summed E-state index contributed by atoms with van der Waals surface area (Å²) in [6.45, 7) is 7.51. The molecule has 0 atom stereocenters. The van der Waals surface area contributed by atoms with Crippen molar-refractivity contribution in [1.29, 1.82) is 0 Å². The maximum absolute atomic E-state index is 10.6. The summed E-state index contributed by atoms with van der Waals surface area (Å²) in [5.74, 6) is -1.06. The van der Waals surface area contributed by atoms with Crippen LogP contribution in [0, 0.1) is 5.41 Å². The lowest BCUT2D eigenvalue weighted by molar-refractivity contribution is -0.300. The van der Waals surface area contributed by atoms with Gasteiger partial charge in [-0.25, -0.2) is 0 Å². The average Bonchev–Trinajstić information content (AvgIpc) is 1.79. The van der Waals surface area contributed by atoms with Gasteiger partial charge in [-0.05, 0) is 17.4 Å². The smallest absolute Gasteiger partial charge is 0.0677 e. The fourth-order valence-corrected chi connectivity index (χ4v) is 0.900. The molecule has 0 aliphatic rings. The van der Waals surface area contributed by atoms with Crippen LogP contribution in [0.15, 0.2) is 11.6 Å². The van der Waals surface area contributed by atoms with Gasteiger partial charge in [0.1, 0.15) is 0 Å². The molecule has 0 fully saturated rings. The third-order valence-corrected chi connectivity index (χ3v) is 1.44. The molecule has 0 radical (unpaired) electrons. The third-order valence-electron chi connectivity index (χ3n) is 1.44. The van der Waals surface area contributed by atoms with Gasteiger partial charge in [0.15, 0.2) is 0 Å². The van der Waals surface area contributed by atoms with Gasteiger partial charge >= 0.3 is 0 Å². The van der Waals surface area contributed by atoms with E-state index in [1.807, 2.05) is 27.7 Å². The summed E-state index contributed by atoms with van der Waals surface area (Å²) in [6.07, 6.45) is 2.44. The zero-order valence-electron chi connectivity index (χ0n) is 9.98. The Morgan fingerprint density at radius 2 is 1.64 bits per heavy atom. The number of carbonyl (C=O) groups excluding carboxylic acids is 1. The summed E-state index contributed by atoms with van der Waals surface area (Å²) >= 11 is 0. The van der Waals surface area contributed by atoms with Crippen molar-refractivity contribution in [1.82, 2.24) is 12.3 Å². The normalized spacial score (nSPS) is 10.4. The lowest BCUT2D eigenvalue weighted by atomic mass is 9.86. The molecule has 4 nitrogen and oxygen atoms in total. The Kier molecular flexibility index (Phi) is 15.0. The van der Waals surface area contributed by atoms with Crippen LogP contribution in [0.1, 0.15) is 34.1 Å². The minimum Gasteiger partial charge on any atom is -1.00 e. The highest BCUT2D eigenvalue weighted by atomic mass is 35.5. The number of hydrogen-bond donors (Lipinski definition) is 2. The van der Waals surface area contributed by atoms with Crippen molar-refractivity contribution in [2.45, 2.75) is 34.1 Å². The molecule has 0 aromatic rings. The molecule has 0 aliphatic carbocycles. The van der Waals surface area contributed by atoms with Gasteiger partial charge in [-0.2, -0.15) is 0 Å². The van der Waals surface area contributed by atoms with Gasteiger partial charge in [0.25, 0.3) is 0 Å². The van der Waals surface area contributed by atoms with Gasteiger partial charge in [0, 0.05) is 0 Å². The molecular weight excluding hydrogens is 204 g/mol. The van der Waals surface area contributed by atoms with Crippen molar-refractivity contribution in [3.8, 4) is 0 Å². The van der Waals surface area contributed by atoms with E-state index in [1.165, 1.54) is 0 Å². The molecule has 0 amide bonds. The number of halogens is 1. The van der Waals surface area contributed by atoms with E-state index in [-0.39, 0.29) is 30.1 Å². The van der Waals surface area contributed by atoms with Crippen molar-refractivity contribution < 1.29 is 22.3 Å². The van der Waals surface area contributed by atoms with Crippen LogP contribution in [-0.2, 0) is 4.79 Å². The molecule has 0 aromatic carbocycles. The summed E-state index contributed by atoms with van der Waals surface area (Å²) in [6, 6.07) is 0. The van der Waals surface area contributed by atoms with E-state index < -0.39 is 5.97 Å². The van der Waals surface area contributed by atoms with Crippen LogP contribution in [0.25, 0.3) is 0 Å². The minimum atomic E-state index is -1.06. The van der Waals surface area contributed by atoms with E-state index in [1.54, 1.807) is 6.08 Å². The summed E-state index contributed by atoms with van der Waals surface area (Å²) in [5, 5.41) is 10.6. The SMILES string of the molecule is CCC=C(C(=O)[O-])C(C)(C)C.[Cl-].[NH4+].[NH4+]. The van der Waals surface area contributed by atoms with E-state index in [0.29, 0.717) is 5.57 Å². The van der Waals surface area contributed by atoms with Gasteiger partial charge < -0.3 is 34.6 Å². The molecule has 0 heterocycles. The highest BCUT2D eigenvalue weighted by Gasteiger charge is 2.16. The lowest BCUT2D eigenvalue weighted by Crippen LogP contribution is -3.00. The summed E-state index contributed by atoms with van der Waals surface area (Å²) in [4.78, 5) is 10.6. The predicted octanol–water partition coefficient (Wildman–Crippen LogP) is -1.12. The highest BCUT2D eigenvalue weighted by molar-refractivity contribution is 5.86. The Bertz CT molecular complexity index is 186. The quantitative estimate of drug-likeness (QED) is 0.581. The van der Waals surface area contributed by atoms with E-state index in [0.717, 1.165) is 6.42 Å². The zero-order valence-corrected chi connectivity index (χ0v) is 10.7. The van der Waals surface area contributed by atoms with Crippen molar-refractivity contribution in [2.24, 2.45) is 5.41 Å². The summed E-state index contributed by atoms with van der Waals surface area (Å²) < 4.78 is 0. The fourth-order valence-electron chi connectivity index (χ4n) is 0.900. The number of hydrogen-bond acceptors (Lipinski definition) is 2. The molecule has 0 aromatic heterocycles. The zero-order chi connectivity index (χ0) is 9.07. The van der Waals surface area contributed by atoms with Crippen LogP contribution >= 0.6 is 0 Å². The predicted molar refractivity (Wildman–Crippen MR) is 54.8 cm³/mol. The Labute approximate surface area is 92.3 Å². The van der Waals surface area contributed by atoms with Crippen LogP contribution in [0.3, 0.4) is 0 Å². The molecule has 5 heteroatoms. The molecule has 0 bridgehead atoms. The van der Waals surface area contributed by atoms with Gasteiger partial charge in [-0.1, -0.05) is 33.8 Å². The van der Waals surface area contributed by atoms with Crippen molar-refractivity contribution in [2.75, 3.05) is 0 Å². The molecule has 0 rings (SSSR count). The van der Waals surface area contributed by atoms with Crippen LogP contribution in [0.2, 0.25) is 0 Å². The molecule has 0 saturated heterocycles. The first-order chi connectivity index (χ1) is 4.89. The monoisotopic (exact) mass is 226 g/mol. The average molecular weight is 227 g/mol. The summed E-state index contributed by atoms with van der Waals surface area (Å²) in [5.41, 5.74) is 0.0782. The molecule has 14 heavy (non-hydrogen) atoms. The Balaban J connectivity index is -0.000000167. The number of carbonyl (C=O) groups is 1. The second kappa shape index (κ2) is 8.99. The molecular formula is C9H23ClN2O2. The summed E-state index contributed by atoms with van der Waals surface area (Å²) in [7, 11) is 0. The maximum atomic E-state index is 10.6. The number of rotatable bonds is 2. The largest absolute Gasteiger partial charge is 1.00 e. The van der Waals surface area contributed by atoms with Crippen molar-refractivity contribution in [3.63, 3.8) is 0 Å². The first-order valence-electron chi connectivity index (χ1n) is 3.81. The topological polar surface area (TPSA) is 113 Å². The van der Waals surface area contributed by atoms with E-state index >= 15 is 0 Å². The molecule has 8 N–H and O–H groups in total. The van der Waals surface area contributed by atoms with Gasteiger partial charge in [-0.3, -0.25) is 0 Å². The number of quaternary nitrogens is 2. The maximum Gasteiger partial charge on any atom is 0.0677 e. The van der Waals surface area contributed by atoms with Crippen molar-refractivity contribution >= 4 is 5.97 Å². The fraction of sp³-hybridized carbons (Fsp3) is 0.667. The lowest BCUT2D eigenvalue weighted by Gasteiger charge is -2.23. The molecule has 0 spiro atoms. The van der Waals surface area contributed by atoms with Gasteiger partial charge in [0.2, 0.25) is 0 Å². The Morgan fingerprint density at radius 1 is 1.29 bits per heavy atom. The van der Waals surface area contributed by atoms with Crippen LogP contribution < -0.4 is 29.8 Å². The van der Waals surface area contributed by atoms with Crippen LogP contribution in [-0.4, -0.2) is 5.97 Å². The third kappa shape index (κ3) is 8.04. The molecule has 0 unspecified atom stereocenters. The van der Waals surface area contributed by atoms with Gasteiger partial charge in [-0.15, -0.1) is 0 Å². The molecule has 0 aliphatic heterocycles. The highest BCUT2D eigenvalue weighted by Crippen LogP contribution is 2.24. The molecule has 88 valence electrons. The van der Waals surface area contributed by atoms with Gasteiger partial charge in [0.05, 0.1) is 5.97 Å². The number of carboxylic acids is 1. The van der Waals surface area contributed by atoms with Crippen LogP contribution in [0.4, 0.5) is 0 Å². The second-order valence-corrected chi connectivity index (χ2v) is 3.56. The first-order valence-corrected chi connectivity index (χ1v) is 3.81. The van der Waals surface area contributed by atoms with E-state index in [9.17, 15) is 9.90 Å². The first kappa shape index (κ1) is 23.3. The van der Waals surface area contributed by atoms with E-state index in [4.69, 9.17) is 0 Å². The number of allylic oxidation sites excluding steroid dienone is 1.